The summed E-state index contributed by atoms with van der Waals surface area (Å²) in [6.45, 7) is 1.79. The Hall–Kier alpha value is -1.88. The normalized spacial score (nSPS) is 25.1. The number of carboxylic acid groups (broad SMARTS) is 2. The van der Waals surface area contributed by atoms with E-state index in [0.29, 0.717) is 0 Å². The molecule has 2 unspecified atom stereocenters. The van der Waals surface area contributed by atoms with Crippen molar-refractivity contribution in [2.24, 2.45) is 5.92 Å². The Morgan fingerprint density at radius 1 is 1.20 bits per heavy atom. The molecule has 5 heteroatoms. The fourth-order valence-corrected chi connectivity index (χ4v) is 2.59. The average Bonchev–Trinajstić information content (AvgIpc) is 2.39. The lowest BCUT2D eigenvalue weighted by Crippen LogP contribution is -2.36. The fraction of sp³-hybridized carbons (Fsp3) is 0.200. The van der Waals surface area contributed by atoms with E-state index in [1.807, 2.05) is 24.3 Å². The van der Waals surface area contributed by atoms with E-state index in [4.69, 9.17) is 5.11 Å². The Bertz CT molecular complexity index is 615. The topological polar surface area (TPSA) is 74.6 Å². The monoisotopic (exact) mass is 336 g/mol. The molecule has 0 aromatic heterocycles. The largest absolute Gasteiger partial charge is 0.481 e. The summed E-state index contributed by atoms with van der Waals surface area (Å²) in [7, 11) is 0. The predicted molar refractivity (Wildman–Crippen MR) is 77.5 cm³/mol. The minimum Gasteiger partial charge on any atom is -0.481 e. The number of carbonyl (C=O) groups is 2. The summed E-state index contributed by atoms with van der Waals surface area (Å²) in [5, 5.41) is 18.4. The van der Waals surface area contributed by atoms with Gasteiger partial charge in [0.2, 0.25) is 0 Å². The van der Waals surface area contributed by atoms with Gasteiger partial charge in [0.05, 0.1) is 11.5 Å². The number of carboxylic acids is 2. The van der Waals surface area contributed by atoms with E-state index in [-0.39, 0.29) is 5.57 Å². The molecule has 104 valence electrons. The van der Waals surface area contributed by atoms with Crippen LogP contribution in [0.4, 0.5) is 0 Å². The number of hydrogen-bond donors (Lipinski definition) is 2. The van der Waals surface area contributed by atoms with E-state index in [0.717, 1.165) is 10.0 Å². The maximum Gasteiger partial charge on any atom is 0.335 e. The van der Waals surface area contributed by atoms with Crippen molar-refractivity contribution in [1.82, 2.24) is 0 Å². The van der Waals surface area contributed by atoms with E-state index in [2.05, 4.69) is 15.9 Å². The summed E-state index contributed by atoms with van der Waals surface area (Å²) in [6, 6.07) is 7.35. The molecule has 2 atom stereocenters. The van der Waals surface area contributed by atoms with Gasteiger partial charge in [0, 0.05) is 9.89 Å². The fourth-order valence-electron chi connectivity index (χ4n) is 2.33. The Balaban J connectivity index is 2.50. The molecule has 0 amide bonds. The molecule has 4 nitrogen and oxygen atoms in total. The molecule has 1 aliphatic carbocycles. The van der Waals surface area contributed by atoms with E-state index < -0.39 is 23.3 Å². The standard InChI is InChI=1S/C15H13BrO4/c1-15(10-2-4-11(16)5-3-10)7-6-9(13(17)18)8-12(15)14(19)20/h2-8,12H,1H3,(H,17,18)(H,19,20). The third kappa shape index (κ3) is 2.54. The highest BCUT2D eigenvalue weighted by molar-refractivity contribution is 9.10. The van der Waals surface area contributed by atoms with Crippen molar-refractivity contribution in [1.29, 1.82) is 0 Å². The average molecular weight is 337 g/mol. The van der Waals surface area contributed by atoms with Crippen LogP contribution in [0.2, 0.25) is 0 Å². The quantitative estimate of drug-likeness (QED) is 0.889. The van der Waals surface area contributed by atoms with Crippen LogP contribution in [-0.4, -0.2) is 22.2 Å². The van der Waals surface area contributed by atoms with E-state index >= 15 is 0 Å². The van der Waals surface area contributed by atoms with Gasteiger partial charge in [-0.05, 0) is 17.7 Å². The van der Waals surface area contributed by atoms with E-state index in [1.165, 1.54) is 12.2 Å². The molecule has 0 spiro atoms. The molecule has 2 N–H and O–H groups in total. The minimum atomic E-state index is -1.12. The zero-order valence-corrected chi connectivity index (χ0v) is 12.3. The van der Waals surface area contributed by atoms with Gasteiger partial charge in [-0.25, -0.2) is 4.79 Å². The van der Waals surface area contributed by atoms with Crippen LogP contribution in [0, 0.1) is 5.92 Å². The molecule has 0 saturated carbocycles. The van der Waals surface area contributed by atoms with Gasteiger partial charge in [-0.3, -0.25) is 4.79 Å². The highest BCUT2D eigenvalue weighted by Gasteiger charge is 2.40. The molecule has 1 aromatic rings. The van der Waals surface area contributed by atoms with Crippen molar-refractivity contribution in [2.45, 2.75) is 12.3 Å². The van der Waals surface area contributed by atoms with Gasteiger partial charge >= 0.3 is 11.9 Å². The van der Waals surface area contributed by atoms with Gasteiger partial charge in [0.15, 0.2) is 0 Å². The number of aliphatic carboxylic acids is 2. The highest BCUT2D eigenvalue weighted by atomic mass is 79.9. The number of halogens is 1. The highest BCUT2D eigenvalue weighted by Crippen LogP contribution is 2.39. The molecule has 0 fully saturated rings. The zero-order valence-electron chi connectivity index (χ0n) is 10.7. The molecular formula is C15H13BrO4. The SMILES string of the molecule is CC1(c2ccc(Br)cc2)C=CC(C(=O)O)=CC1C(=O)O. The second-order valence-corrected chi connectivity index (χ2v) is 5.78. The van der Waals surface area contributed by atoms with E-state index in [1.54, 1.807) is 13.0 Å². The first-order valence-corrected chi connectivity index (χ1v) is 6.77. The van der Waals surface area contributed by atoms with Crippen LogP contribution in [-0.2, 0) is 15.0 Å². The van der Waals surface area contributed by atoms with Crippen molar-refractivity contribution in [3.63, 3.8) is 0 Å². The Morgan fingerprint density at radius 2 is 1.80 bits per heavy atom. The summed E-state index contributed by atoms with van der Waals surface area (Å²) >= 11 is 3.34. The third-order valence-corrected chi connectivity index (χ3v) is 4.11. The van der Waals surface area contributed by atoms with Gasteiger partial charge in [-0.2, -0.15) is 0 Å². The van der Waals surface area contributed by atoms with Crippen LogP contribution in [0.15, 0.2) is 52.5 Å². The molecule has 2 rings (SSSR count). The summed E-state index contributed by atoms with van der Waals surface area (Å²) < 4.78 is 0.901. The lowest BCUT2D eigenvalue weighted by molar-refractivity contribution is -0.141. The second kappa shape index (κ2) is 5.25. The lowest BCUT2D eigenvalue weighted by Gasteiger charge is -2.34. The first kappa shape index (κ1) is 14.5. The summed E-state index contributed by atoms with van der Waals surface area (Å²) in [6.07, 6.45) is 4.41. The Kier molecular flexibility index (Phi) is 3.81. The smallest absolute Gasteiger partial charge is 0.335 e. The zero-order chi connectivity index (χ0) is 14.9. The Morgan fingerprint density at radius 3 is 2.30 bits per heavy atom. The number of rotatable bonds is 3. The van der Waals surface area contributed by atoms with Crippen molar-refractivity contribution in [3.8, 4) is 0 Å². The molecule has 0 bridgehead atoms. The van der Waals surface area contributed by atoms with Gasteiger partial charge < -0.3 is 10.2 Å². The molecule has 20 heavy (non-hydrogen) atoms. The van der Waals surface area contributed by atoms with Crippen molar-refractivity contribution in [2.75, 3.05) is 0 Å². The third-order valence-electron chi connectivity index (χ3n) is 3.58. The van der Waals surface area contributed by atoms with Crippen LogP contribution in [0.25, 0.3) is 0 Å². The lowest BCUT2D eigenvalue weighted by atomic mass is 9.68. The van der Waals surface area contributed by atoms with Crippen LogP contribution in [0.3, 0.4) is 0 Å². The van der Waals surface area contributed by atoms with Crippen LogP contribution < -0.4 is 0 Å². The number of hydrogen-bond acceptors (Lipinski definition) is 2. The van der Waals surface area contributed by atoms with Crippen molar-refractivity contribution in [3.05, 3.63) is 58.1 Å². The number of benzene rings is 1. The summed E-state index contributed by atoms with van der Waals surface area (Å²) in [5.74, 6) is -3.08. The number of allylic oxidation sites excluding steroid dienone is 1. The Labute approximate surface area is 124 Å². The molecule has 0 aliphatic heterocycles. The maximum atomic E-state index is 11.5. The summed E-state index contributed by atoms with van der Waals surface area (Å²) in [5.41, 5.74) is 0.0582. The van der Waals surface area contributed by atoms with Crippen LogP contribution in [0.1, 0.15) is 12.5 Å². The summed E-state index contributed by atoms with van der Waals surface area (Å²) in [4.78, 5) is 22.5. The predicted octanol–water partition coefficient (Wildman–Crippen LogP) is 2.99. The molecular weight excluding hydrogens is 324 g/mol. The van der Waals surface area contributed by atoms with Gasteiger partial charge in [-0.15, -0.1) is 0 Å². The van der Waals surface area contributed by atoms with Gasteiger partial charge in [0.1, 0.15) is 0 Å². The van der Waals surface area contributed by atoms with E-state index in [9.17, 15) is 14.7 Å². The van der Waals surface area contributed by atoms with Crippen molar-refractivity contribution < 1.29 is 19.8 Å². The van der Waals surface area contributed by atoms with Gasteiger partial charge in [0.25, 0.3) is 0 Å². The molecule has 0 heterocycles. The molecule has 0 radical (unpaired) electrons. The van der Waals surface area contributed by atoms with Crippen LogP contribution >= 0.6 is 15.9 Å². The van der Waals surface area contributed by atoms with Gasteiger partial charge in [-0.1, -0.05) is 53.2 Å². The maximum absolute atomic E-state index is 11.5. The minimum absolute atomic E-state index is 0.00647. The molecule has 1 aromatic carbocycles. The van der Waals surface area contributed by atoms with Crippen molar-refractivity contribution >= 4 is 27.9 Å². The molecule has 1 aliphatic rings. The first-order valence-electron chi connectivity index (χ1n) is 5.98. The molecule has 0 saturated heterocycles. The van der Waals surface area contributed by atoms with Crippen LogP contribution in [0.5, 0.6) is 0 Å². The first-order chi connectivity index (χ1) is 9.34. The second-order valence-electron chi connectivity index (χ2n) is 4.87.